The largest absolute Gasteiger partial charge is 0.399 e. The van der Waals surface area contributed by atoms with Gasteiger partial charge in [0, 0.05) is 24.8 Å². The van der Waals surface area contributed by atoms with Gasteiger partial charge in [-0.2, -0.15) is 0 Å². The van der Waals surface area contributed by atoms with Gasteiger partial charge < -0.3 is 10.5 Å². The average Bonchev–Trinajstić information content (AvgIpc) is 2.82. The summed E-state index contributed by atoms with van der Waals surface area (Å²) < 4.78 is 33.0. The second-order valence-electron chi connectivity index (χ2n) is 5.20. The molecule has 0 amide bonds. The second-order valence-corrected chi connectivity index (χ2v) is 6.93. The molecule has 1 aromatic rings. The van der Waals surface area contributed by atoms with Crippen molar-refractivity contribution in [2.24, 2.45) is 5.92 Å². The predicted octanol–water partition coefficient (Wildman–Crippen LogP) is 1.53. The SMILES string of the molecule is CCc1ccc(N)cc1S(=O)(=O)NCC1CCOC1C. The average molecular weight is 298 g/mol. The Morgan fingerprint density at radius 1 is 1.45 bits per heavy atom. The normalized spacial score (nSPS) is 23.1. The van der Waals surface area contributed by atoms with Crippen LogP contribution in [-0.4, -0.2) is 27.7 Å². The van der Waals surface area contributed by atoms with Crippen LogP contribution in [0.5, 0.6) is 0 Å². The lowest BCUT2D eigenvalue weighted by atomic mass is 10.0. The first-order chi connectivity index (χ1) is 9.44. The van der Waals surface area contributed by atoms with E-state index in [1.54, 1.807) is 12.1 Å². The first-order valence-corrected chi connectivity index (χ1v) is 8.42. The molecular formula is C14H22N2O3S. The lowest BCUT2D eigenvalue weighted by molar-refractivity contribution is 0.107. The van der Waals surface area contributed by atoms with Crippen molar-refractivity contribution in [1.29, 1.82) is 0 Å². The van der Waals surface area contributed by atoms with Gasteiger partial charge in [0.05, 0.1) is 11.0 Å². The highest BCUT2D eigenvalue weighted by atomic mass is 32.2. The van der Waals surface area contributed by atoms with Crippen LogP contribution in [0.3, 0.4) is 0 Å². The molecule has 1 fully saturated rings. The van der Waals surface area contributed by atoms with Crippen LogP contribution < -0.4 is 10.5 Å². The Kier molecular flexibility index (Phi) is 4.67. The molecule has 3 N–H and O–H groups in total. The summed E-state index contributed by atoms with van der Waals surface area (Å²) in [6.45, 7) is 5.01. The molecule has 0 spiro atoms. The van der Waals surface area contributed by atoms with Crippen LogP contribution in [0, 0.1) is 5.92 Å². The third-order valence-electron chi connectivity index (χ3n) is 3.83. The van der Waals surface area contributed by atoms with E-state index in [0.717, 1.165) is 12.0 Å². The highest BCUT2D eigenvalue weighted by Gasteiger charge is 2.26. The quantitative estimate of drug-likeness (QED) is 0.808. The molecule has 1 aliphatic rings. The summed E-state index contributed by atoms with van der Waals surface area (Å²) in [4.78, 5) is 0.284. The fourth-order valence-corrected chi connectivity index (χ4v) is 3.89. The Morgan fingerprint density at radius 2 is 2.20 bits per heavy atom. The summed E-state index contributed by atoms with van der Waals surface area (Å²) in [5.74, 6) is 0.232. The Morgan fingerprint density at radius 3 is 2.80 bits per heavy atom. The van der Waals surface area contributed by atoms with E-state index in [1.165, 1.54) is 6.07 Å². The van der Waals surface area contributed by atoms with E-state index in [4.69, 9.17) is 10.5 Å². The summed E-state index contributed by atoms with van der Waals surface area (Å²) in [5, 5.41) is 0. The molecule has 2 rings (SSSR count). The molecule has 1 heterocycles. The van der Waals surface area contributed by atoms with Gasteiger partial charge in [0.1, 0.15) is 0 Å². The van der Waals surface area contributed by atoms with Gasteiger partial charge >= 0.3 is 0 Å². The standard InChI is InChI=1S/C14H22N2O3S/c1-3-11-4-5-13(15)8-14(11)20(17,18)16-9-12-6-7-19-10(12)2/h4-5,8,10,12,16H,3,6-7,9,15H2,1-2H3. The van der Waals surface area contributed by atoms with Crippen LogP contribution in [0.2, 0.25) is 0 Å². The molecule has 0 saturated carbocycles. The Labute approximate surface area is 120 Å². The number of sulfonamides is 1. The van der Waals surface area contributed by atoms with Gasteiger partial charge in [-0.15, -0.1) is 0 Å². The zero-order chi connectivity index (χ0) is 14.8. The number of nitrogens with two attached hydrogens (primary N) is 1. The van der Waals surface area contributed by atoms with Crippen molar-refractivity contribution in [3.8, 4) is 0 Å². The minimum atomic E-state index is -3.52. The highest BCUT2D eigenvalue weighted by Crippen LogP contribution is 2.22. The lowest BCUT2D eigenvalue weighted by Crippen LogP contribution is -2.32. The van der Waals surface area contributed by atoms with Crippen LogP contribution in [-0.2, 0) is 21.2 Å². The molecule has 0 aromatic heterocycles. The van der Waals surface area contributed by atoms with Gasteiger partial charge in [0.15, 0.2) is 0 Å². The molecule has 0 aliphatic carbocycles. The Balaban J connectivity index is 2.15. The van der Waals surface area contributed by atoms with Crippen molar-refractivity contribution < 1.29 is 13.2 Å². The number of benzene rings is 1. The number of rotatable bonds is 5. The molecule has 20 heavy (non-hydrogen) atoms. The molecule has 2 unspecified atom stereocenters. The van der Waals surface area contributed by atoms with Crippen molar-refractivity contribution >= 4 is 15.7 Å². The zero-order valence-corrected chi connectivity index (χ0v) is 12.7. The van der Waals surface area contributed by atoms with E-state index in [0.29, 0.717) is 25.3 Å². The first kappa shape index (κ1) is 15.3. The van der Waals surface area contributed by atoms with Gasteiger partial charge in [-0.25, -0.2) is 13.1 Å². The third kappa shape index (κ3) is 3.31. The van der Waals surface area contributed by atoms with Crippen molar-refractivity contribution in [2.45, 2.75) is 37.7 Å². The number of hydrogen-bond donors (Lipinski definition) is 2. The van der Waals surface area contributed by atoms with Crippen molar-refractivity contribution in [3.05, 3.63) is 23.8 Å². The molecule has 5 nitrogen and oxygen atoms in total. The maximum atomic E-state index is 12.4. The van der Waals surface area contributed by atoms with Crippen LogP contribution in [0.4, 0.5) is 5.69 Å². The van der Waals surface area contributed by atoms with Crippen LogP contribution >= 0.6 is 0 Å². The molecule has 112 valence electrons. The Hall–Kier alpha value is -1.11. The van der Waals surface area contributed by atoms with E-state index in [-0.39, 0.29) is 16.9 Å². The van der Waals surface area contributed by atoms with Crippen molar-refractivity contribution in [2.75, 3.05) is 18.9 Å². The monoisotopic (exact) mass is 298 g/mol. The molecule has 2 atom stereocenters. The first-order valence-electron chi connectivity index (χ1n) is 6.93. The summed E-state index contributed by atoms with van der Waals surface area (Å²) in [7, 11) is -3.52. The van der Waals surface area contributed by atoms with E-state index in [1.807, 2.05) is 13.8 Å². The predicted molar refractivity (Wildman–Crippen MR) is 78.9 cm³/mol. The van der Waals surface area contributed by atoms with Gasteiger partial charge in [-0.3, -0.25) is 0 Å². The fourth-order valence-electron chi connectivity index (χ4n) is 2.45. The summed E-state index contributed by atoms with van der Waals surface area (Å²) in [5.41, 5.74) is 6.95. The maximum absolute atomic E-state index is 12.4. The molecule has 0 radical (unpaired) electrons. The second kappa shape index (κ2) is 6.11. The number of ether oxygens (including phenoxy) is 1. The molecule has 1 aliphatic heterocycles. The summed E-state index contributed by atoms with van der Waals surface area (Å²) >= 11 is 0. The molecular weight excluding hydrogens is 276 g/mol. The van der Waals surface area contributed by atoms with Crippen molar-refractivity contribution in [1.82, 2.24) is 4.72 Å². The minimum absolute atomic E-state index is 0.101. The van der Waals surface area contributed by atoms with Gasteiger partial charge in [0.2, 0.25) is 10.0 Å². The van der Waals surface area contributed by atoms with Crippen molar-refractivity contribution in [3.63, 3.8) is 0 Å². The number of nitrogens with one attached hydrogen (secondary N) is 1. The summed E-state index contributed by atoms with van der Waals surface area (Å²) in [6, 6.07) is 5.02. The topological polar surface area (TPSA) is 81.4 Å². The van der Waals surface area contributed by atoms with E-state index in [9.17, 15) is 8.42 Å². The highest BCUT2D eigenvalue weighted by molar-refractivity contribution is 7.89. The minimum Gasteiger partial charge on any atom is -0.399 e. The Bertz CT molecular complexity index is 572. The number of hydrogen-bond acceptors (Lipinski definition) is 4. The number of nitrogen functional groups attached to an aromatic ring is 1. The molecule has 0 bridgehead atoms. The number of anilines is 1. The fraction of sp³-hybridized carbons (Fsp3) is 0.571. The lowest BCUT2D eigenvalue weighted by Gasteiger charge is -2.16. The van der Waals surface area contributed by atoms with Gasteiger partial charge in [-0.05, 0) is 37.5 Å². The van der Waals surface area contributed by atoms with Crippen LogP contribution in [0.15, 0.2) is 23.1 Å². The number of aryl methyl sites for hydroxylation is 1. The molecule has 6 heteroatoms. The molecule has 1 aromatic carbocycles. The van der Waals surface area contributed by atoms with Crippen LogP contribution in [0.25, 0.3) is 0 Å². The smallest absolute Gasteiger partial charge is 0.240 e. The van der Waals surface area contributed by atoms with E-state index >= 15 is 0 Å². The van der Waals surface area contributed by atoms with Gasteiger partial charge in [0.25, 0.3) is 0 Å². The maximum Gasteiger partial charge on any atom is 0.240 e. The zero-order valence-electron chi connectivity index (χ0n) is 11.9. The third-order valence-corrected chi connectivity index (χ3v) is 5.34. The van der Waals surface area contributed by atoms with Crippen LogP contribution in [0.1, 0.15) is 25.8 Å². The van der Waals surface area contributed by atoms with E-state index < -0.39 is 10.0 Å². The van der Waals surface area contributed by atoms with E-state index in [2.05, 4.69) is 4.72 Å². The summed E-state index contributed by atoms with van der Waals surface area (Å²) in [6.07, 6.45) is 1.64. The molecule has 1 saturated heterocycles. The van der Waals surface area contributed by atoms with Gasteiger partial charge in [-0.1, -0.05) is 13.0 Å².